The summed E-state index contributed by atoms with van der Waals surface area (Å²) in [6.07, 6.45) is 4.14. The SMILES string of the molecule is Fc1ccc(OCCON=C2CCCc3c(OCC=C(Cl)Cl)cccc32)c(F)c1. The predicted molar refractivity (Wildman–Crippen MR) is 109 cm³/mol. The highest BCUT2D eigenvalue weighted by Gasteiger charge is 2.19. The van der Waals surface area contributed by atoms with Gasteiger partial charge in [0.1, 0.15) is 29.3 Å². The zero-order valence-corrected chi connectivity index (χ0v) is 17.0. The molecule has 0 bridgehead atoms. The van der Waals surface area contributed by atoms with Gasteiger partial charge in [-0.15, -0.1) is 0 Å². The quantitative estimate of drug-likeness (QED) is 0.383. The highest BCUT2D eigenvalue weighted by molar-refractivity contribution is 6.55. The second-order valence-electron chi connectivity index (χ2n) is 6.24. The summed E-state index contributed by atoms with van der Waals surface area (Å²) in [6.45, 7) is 0.491. The van der Waals surface area contributed by atoms with Crippen molar-refractivity contribution >= 4 is 28.9 Å². The summed E-state index contributed by atoms with van der Waals surface area (Å²) in [5.74, 6) is -0.677. The Bertz CT molecular complexity index is 915. The van der Waals surface area contributed by atoms with E-state index in [4.69, 9.17) is 37.5 Å². The first-order valence-corrected chi connectivity index (χ1v) is 9.83. The summed E-state index contributed by atoms with van der Waals surface area (Å²) in [4.78, 5) is 5.35. The van der Waals surface area contributed by atoms with E-state index in [0.717, 1.165) is 54.0 Å². The first-order valence-electron chi connectivity index (χ1n) is 9.07. The number of hydrogen-bond acceptors (Lipinski definition) is 4. The van der Waals surface area contributed by atoms with Gasteiger partial charge in [-0.25, -0.2) is 8.78 Å². The van der Waals surface area contributed by atoms with E-state index in [0.29, 0.717) is 0 Å². The standard InChI is InChI=1S/C21H19Cl2F2NO3/c22-21(23)9-10-27-19-6-2-3-15-16(19)4-1-5-18(15)26-29-12-11-28-20-8-7-14(24)13-17(20)25/h2-3,6-9,13H,1,4-5,10-12H2. The minimum absolute atomic E-state index is 0.0291. The molecule has 8 heteroatoms. The van der Waals surface area contributed by atoms with Crippen LogP contribution < -0.4 is 9.47 Å². The Balaban J connectivity index is 1.58. The number of fused-ring (bicyclic) bond motifs is 1. The van der Waals surface area contributed by atoms with E-state index in [-0.39, 0.29) is 30.1 Å². The molecule has 0 spiro atoms. The van der Waals surface area contributed by atoms with Gasteiger partial charge >= 0.3 is 0 Å². The minimum Gasteiger partial charge on any atom is -0.489 e. The van der Waals surface area contributed by atoms with Crippen LogP contribution in [0.3, 0.4) is 0 Å². The molecule has 0 heterocycles. The molecule has 0 radical (unpaired) electrons. The molecule has 1 aliphatic rings. The van der Waals surface area contributed by atoms with E-state index in [1.165, 1.54) is 6.07 Å². The smallest absolute Gasteiger partial charge is 0.167 e. The molecule has 0 aromatic heterocycles. The molecule has 154 valence electrons. The van der Waals surface area contributed by atoms with Crippen molar-refractivity contribution in [1.82, 2.24) is 0 Å². The molecule has 0 aliphatic heterocycles. The fourth-order valence-electron chi connectivity index (χ4n) is 2.99. The molecular formula is C21H19Cl2F2NO3. The third kappa shape index (κ3) is 6.08. The zero-order chi connectivity index (χ0) is 20.6. The van der Waals surface area contributed by atoms with Crippen LogP contribution in [0.1, 0.15) is 24.0 Å². The normalized spacial score (nSPS) is 14.3. The summed E-state index contributed by atoms with van der Waals surface area (Å²) in [6, 6.07) is 8.90. The van der Waals surface area contributed by atoms with Gasteiger partial charge in [0.15, 0.2) is 18.2 Å². The third-order valence-corrected chi connectivity index (χ3v) is 4.57. The van der Waals surface area contributed by atoms with Crippen molar-refractivity contribution in [2.75, 3.05) is 19.8 Å². The molecule has 29 heavy (non-hydrogen) atoms. The fourth-order valence-corrected chi connectivity index (χ4v) is 3.12. The Hall–Kier alpha value is -2.31. The molecule has 1 aliphatic carbocycles. The number of nitrogens with zero attached hydrogens (tertiary/aromatic N) is 1. The molecule has 0 amide bonds. The minimum atomic E-state index is -0.754. The van der Waals surface area contributed by atoms with Gasteiger partial charge in [0.05, 0.1) is 5.71 Å². The number of benzene rings is 2. The van der Waals surface area contributed by atoms with Crippen molar-refractivity contribution in [3.05, 3.63) is 69.7 Å². The molecule has 0 unspecified atom stereocenters. The largest absolute Gasteiger partial charge is 0.489 e. The van der Waals surface area contributed by atoms with E-state index in [9.17, 15) is 8.78 Å². The molecule has 0 saturated heterocycles. The van der Waals surface area contributed by atoms with Crippen molar-refractivity contribution in [3.63, 3.8) is 0 Å². The van der Waals surface area contributed by atoms with Crippen molar-refractivity contribution < 1.29 is 23.1 Å². The topological polar surface area (TPSA) is 40.0 Å². The monoisotopic (exact) mass is 441 g/mol. The number of halogens is 4. The molecule has 0 N–H and O–H groups in total. The molecular weight excluding hydrogens is 423 g/mol. The Morgan fingerprint density at radius 1 is 1.03 bits per heavy atom. The maximum absolute atomic E-state index is 13.5. The van der Waals surface area contributed by atoms with Crippen LogP contribution in [0.2, 0.25) is 0 Å². The van der Waals surface area contributed by atoms with E-state index in [1.807, 2.05) is 18.2 Å². The highest BCUT2D eigenvalue weighted by Crippen LogP contribution is 2.30. The van der Waals surface area contributed by atoms with Gasteiger partial charge in [-0.05, 0) is 43.5 Å². The first kappa shape index (κ1) is 21.4. The number of ether oxygens (including phenoxy) is 2. The van der Waals surface area contributed by atoms with Crippen molar-refractivity contribution in [3.8, 4) is 11.5 Å². The first-order chi connectivity index (χ1) is 14.0. The van der Waals surface area contributed by atoms with E-state index in [2.05, 4.69) is 5.16 Å². The van der Waals surface area contributed by atoms with Crippen molar-refractivity contribution in [2.24, 2.45) is 5.16 Å². The highest BCUT2D eigenvalue weighted by atomic mass is 35.5. The average molecular weight is 442 g/mol. The molecule has 0 atom stereocenters. The van der Waals surface area contributed by atoms with Crippen molar-refractivity contribution in [1.29, 1.82) is 0 Å². The molecule has 0 fully saturated rings. The third-order valence-electron chi connectivity index (χ3n) is 4.26. The van der Waals surface area contributed by atoms with Gasteiger partial charge in [0.25, 0.3) is 0 Å². The van der Waals surface area contributed by atoms with Crippen LogP contribution in [0.25, 0.3) is 0 Å². The molecule has 2 aromatic carbocycles. The summed E-state index contributed by atoms with van der Waals surface area (Å²) in [5, 5.41) is 4.22. The number of oxime groups is 1. The summed E-state index contributed by atoms with van der Waals surface area (Å²) < 4.78 is 37.6. The van der Waals surface area contributed by atoms with Gasteiger partial charge in [0.2, 0.25) is 0 Å². The average Bonchev–Trinajstić information content (AvgIpc) is 2.69. The van der Waals surface area contributed by atoms with Gasteiger partial charge in [-0.3, -0.25) is 0 Å². The Morgan fingerprint density at radius 3 is 2.69 bits per heavy atom. The maximum Gasteiger partial charge on any atom is 0.167 e. The summed E-state index contributed by atoms with van der Waals surface area (Å²) in [7, 11) is 0. The van der Waals surface area contributed by atoms with Crippen LogP contribution in [0, 0.1) is 11.6 Å². The lowest BCUT2D eigenvalue weighted by atomic mass is 9.89. The van der Waals surface area contributed by atoms with E-state index < -0.39 is 11.6 Å². The zero-order valence-electron chi connectivity index (χ0n) is 15.5. The summed E-state index contributed by atoms with van der Waals surface area (Å²) >= 11 is 11.2. The Kier molecular flexibility index (Phi) is 7.72. The van der Waals surface area contributed by atoms with Crippen LogP contribution in [0.15, 0.2) is 52.1 Å². The second-order valence-corrected chi connectivity index (χ2v) is 7.24. The van der Waals surface area contributed by atoms with Crippen molar-refractivity contribution in [2.45, 2.75) is 19.3 Å². The number of hydrogen-bond donors (Lipinski definition) is 0. The van der Waals surface area contributed by atoms with Crippen LogP contribution in [-0.2, 0) is 11.3 Å². The van der Waals surface area contributed by atoms with Gasteiger partial charge in [-0.2, -0.15) is 0 Å². The van der Waals surface area contributed by atoms with Crippen LogP contribution in [0.5, 0.6) is 11.5 Å². The van der Waals surface area contributed by atoms with Crippen LogP contribution in [-0.4, -0.2) is 25.5 Å². The van der Waals surface area contributed by atoms with Gasteiger partial charge in [0, 0.05) is 17.2 Å². The molecule has 0 saturated carbocycles. The molecule has 2 aromatic rings. The van der Waals surface area contributed by atoms with E-state index >= 15 is 0 Å². The molecule has 4 nitrogen and oxygen atoms in total. The van der Waals surface area contributed by atoms with Crippen LogP contribution in [0.4, 0.5) is 8.78 Å². The lowest BCUT2D eigenvalue weighted by Crippen LogP contribution is -2.15. The lowest BCUT2D eigenvalue weighted by molar-refractivity contribution is 0.105. The molecule has 3 rings (SSSR count). The predicted octanol–water partition coefficient (Wildman–Crippen LogP) is 5.80. The summed E-state index contributed by atoms with van der Waals surface area (Å²) in [5.41, 5.74) is 2.85. The lowest BCUT2D eigenvalue weighted by Gasteiger charge is -2.20. The Labute approximate surface area is 177 Å². The van der Waals surface area contributed by atoms with E-state index in [1.54, 1.807) is 6.08 Å². The second kappa shape index (κ2) is 10.5. The fraction of sp³-hybridized carbons (Fsp3) is 0.286. The maximum atomic E-state index is 13.5. The number of rotatable bonds is 8. The van der Waals surface area contributed by atoms with Gasteiger partial charge < -0.3 is 14.3 Å². The Morgan fingerprint density at radius 2 is 1.90 bits per heavy atom. The van der Waals surface area contributed by atoms with Crippen LogP contribution >= 0.6 is 23.2 Å². The van der Waals surface area contributed by atoms with Gasteiger partial charge in [-0.1, -0.05) is 40.5 Å².